The fourth-order valence-corrected chi connectivity index (χ4v) is 3.26. The van der Waals surface area contributed by atoms with Gasteiger partial charge in [-0.1, -0.05) is 17.7 Å². The van der Waals surface area contributed by atoms with Crippen LogP contribution in [0.25, 0.3) is 10.9 Å². The number of carbonyl (C=O) groups is 1. The second-order valence-corrected chi connectivity index (χ2v) is 7.77. The minimum absolute atomic E-state index is 0.0482. The van der Waals surface area contributed by atoms with Crippen LogP contribution in [0.5, 0.6) is 5.75 Å². The van der Waals surface area contributed by atoms with E-state index in [-0.39, 0.29) is 16.5 Å². The van der Waals surface area contributed by atoms with Crippen molar-refractivity contribution in [2.75, 3.05) is 37.9 Å². The number of nitriles is 1. The molecule has 0 aliphatic heterocycles. The Balaban J connectivity index is 2.07. The van der Waals surface area contributed by atoms with Crippen molar-refractivity contribution in [3.8, 4) is 11.8 Å². The Bertz CT molecular complexity index is 1250. The number of amides is 1. The number of anilines is 3. The number of nitrogens with zero attached hydrogens (tertiary/aromatic N) is 3. The number of likely N-dealkylation sites (N-methyl/N-ethyl adjacent to an activating group) is 1. The first-order chi connectivity index (χ1) is 15.8. The highest BCUT2D eigenvalue weighted by molar-refractivity contribution is 6.31. The molecule has 1 amide bonds. The molecule has 170 valence electrons. The molecule has 3 aromatic rings. The first kappa shape index (κ1) is 24.0. The number of ether oxygens (including phenoxy) is 1. The molecule has 2 N–H and O–H groups in total. The zero-order chi connectivity index (χ0) is 24.0. The van der Waals surface area contributed by atoms with E-state index < -0.39 is 5.82 Å². The van der Waals surface area contributed by atoms with Gasteiger partial charge in [0.1, 0.15) is 17.6 Å². The molecule has 7 nitrogen and oxygen atoms in total. The van der Waals surface area contributed by atoms with Crippen molar-refractivity contribution in [1.82, 2.24) is 9.88 Å². The lowest BCUT2D eigenvalue weighted by Crippen LogP contribution is -2.13. The van der Waals surface area contributed by atoms with Gasteiger partial charge in [-0.15, -0.1) is 0 Å². The number of pyridine rings is 1. The fourth-order valence-electron chi connectivity index (χ4n) is 3.08. The predicted molar refractivity (Wildman–Crippen MR) is 129 cm³/mol. The van der Waals surface area contributed by atoms with Gasteiger partial charge in [-0.05, 0) is 45.3 Å². The molecule has 0 aliphatic carbocycles. The zero-order valence-corrected chi connectivity index (χ0v) is 19.2. The van der Waals surface area contributed by atoms with Gasteiger partial charge in [-0.2, -0.15) is 5.26 Å². The summed E-state index contributed by atoms with van der Waals surface area (Å²) >= 11 is 5.91. The third kappa shape index (κ3) is 5.98. The van der Waals surface area contributed by atoms with Gasteiger partial charge in [0.25, 0.3) is 0 Å². The fraction of sp³-hybridized carbons (Fsp3) is 0.208. The zero-order valence-electron chi connectivity index (χ0n) is 18.4. The lowest BCUT2D eigenvalue weighted by atomic mass is 10.1. The number of nitrogens with one attached hydrogen (secondary N) is 2. The summed E-state index contributed by atoms with van der Waals surface area (Å²) in [6, 6.07) is 9.67. The van der Waals surface area contributed by atoms with Crippen molar-refractivity contribution in [1.29, 1.82) is 5.26 Å². The number of carbonyl (C=O) groups excluding carboxylic acids is 1. The molecule has 1 heterocycles. The minimum atomic E-state index is -0.545. The van der Waals surface area contributed by atoms with Crippen LogP contribution < -0.4 is 15.4 Å². The Kier molecular flexibility index (Phi) is 7.83. The van der Waals surface area contributed by atoms with Crippen LogP contribution in [0.15, 0.2) is 48.7 Å². The van der Waals surface area contributed by atoms with E-state index in [2.05, 4.69) is 21.7 Å². The van der Waals surface area contributed by atoms with E-state index >= 15 is 0 Å². The molecule has 9 heteroatoms. The SMILES string of the molecule is CCOc1cc2ncc(C#N)c(Nc3ccc(F)c(Cl)c3)c2cc1NC(=O)/C=C\CN(C)C. The summed E-state index contributed by atoms with van der Waals surface area (Å²) in [7, 11) is 3.81. The average Bonchev–Trinajstić information content (AvgIpc) is 2.77. The van der Waals surface area contributed by atoms with E-state index in [1.165, 1.54) is 30.5 Å². The molecule has 0 spiro atoms. The third-order valence-corrected chi connectivity index (χ3v) is 4.87. The number of fused-ring (bicyclic) bond motifs is 1. The van der Waals surface area contributed by atoms with Crippen molar-refractivity contribution >= 4 is 45.5 Å². The van der Waals surface area contributed by atoms with Crippen molar-refractivity contribution in [3.05, 3.63) is 65.1 Å². The maximum absolute atomic E-state index is 13.6. The lowest BCUT2D eigenvalue weighted by molar-refractivity contribution is -0.111. The highest BCUT2D eigenvalue weighted by Crippen LogP contribution is 2.36. The Labute approximate surface area is 196 Å². The van der Waals surface area contributed by atoms with Gasteiger partial charge in [0.15, 0.2) is 0 Å². The molecular weight excluding hydrogens is 445 g/mol. The Morgan fingerprint density at radius 3 is 2.79 bits per heavy atom. The second kappa shape index (κ2) is 10.8. The molecule has 0 saturated heterocycles. The molecule has 0 unspecified atom stereocenters. The maximum Gasteiger partial charge on any atom is 0.248 e. The minimum Gasteiger partial charge on any atom is -0.492 e. The van der Waals surface area contributed by atoms with E-state index in [4.69, 9.17) is 16.3 Å². The summed E-state index contributed by atoms with van der Waals surface area (Å²) in [5.41, 5.74) is 2.20. The van der Waals surface area contributed by atoms with Crippen molar-refractivity contribution in [3.63, 3.8) is 0 Å². The maximum atomic E-state index is 13.6. The molecule has 0 aliphatic rings. The van der Waals surface area contributed by atoms with Gasteiger partial charge in [0.2, 0.25) is 5.91 Å². The van der Waals surface area contributed by atoms with Gasteiger partial charge >= 0.3 is 0 Å². The first-order valence-electron chi connectivity index (χ1n) is 10.2. The van der Waals surface area contributed by atoms with Gasteiger partial charge in [0, 0.05) is 36.0 Å². The molecule has 0 radical (unpaired) electrons. The highest BCUT2D eigenvalue weighted by Gasteiger charge is 2.15. The predicted octanol–water partition coefficient (Wildman–Crippen LogP) is 5.10. The summed E-state index contributed by atoms with van der Waals surface area (Å²) in [5, 5.41) is 16.1. The standard InChI is InChI=1S/C24H23ClFN5O2/c1-4-33-22-12-20-17(11-21(22)30-23(32)6-5-9-31(2)3)24(15(13-27)14-28-20)29-16-7-8-19(26)18(25)10-16/h5-8,10-12,14H,4,9H2,1-3H3,(H,28,29)(H,30,32)/b6-5-. The van der Waals surface area contributed by atoms with Gasteiger partial charge in [-0.25, -0.2) is 4.39 Å². The molecule has 0 atom stereocenters. The van der Waals surface area contributed by atoms with Crippen molar-refractivity contribution in [2.45, 2.75) is 6.92 Å². The van der Waals surface area contributed by atoms with Gasteiger partial charge in [-0.3, -0.25) is 9.78 Å². The van der Waals surface area contributed by atoms with E-state index in [1.54, 1.807) is 18.2 Å². The summed E-state index contributed by atoms with van der Waals surface area (Å²) in [6.45, 7) is 2.85. The van der Waals surface area contributed by atoms with Crippen LogP contribution in [0.4, 0.5) is 21.5 Å². The summed E-state index contributed by atoms with van der Waals surface area (Å²) in [5.74, 6) is -0.412. The highest BCUT2D eigenvalue weighted by atomic mass is 35.5. The molecule has 1 aromatic heterocycles. The van der Waals surface area contributed by atoms with Crippen molar-refractivity contribution < 1.29 is 13.9 Å². The Morgan fingerprint density at radius 1 is 1.33 bits per heavy atom. The number of rotatable bonds is 8. The Hall–Kier alpha value is -3.67. The molecule has 3 rings (SSSR count). The Morgan fingerprint density at radius 2 is 2.12 bits per heavy atom. The van der Waals surface area contributed by atoms with E-state index in [0.29, 0.717) is 46.9 Å². The smallest absolute Gasteiger partial charge is 0.248 e. The number of halogens is 2. The van der Waals surface area contributed by atoms with E-state index in [1.807, 2.05) is 25.9 Å². The molecule has 0 bridgehead atoms. The van der Waals surface area contributed by atoms with Crippen LogP contribution in [0.1, 0.15) is 12.5 Å². The first-order valence-corrected chi connectivity index (χ1v) is 10.5. The molecule has 0 fully saturated rings. The average molecular weight is 468 g/mol. The number of hydrogen-bond acceptors (Lipinski definition) is 6. The van der Waals surface area contributed by atoms with Crippen molar-refractivity contribution in [2.24, 2.45) is 0 Å². The number of benzene rings is 2. The normalized spacial score (nSPS) is 11.1. The molecule has 0 saturated carbocycles. The van der Waals surface area contributed by atoms with Crippen LogP contribution in [-0.2, 0) is 4.79 Å². The quantitative estimate of drug-likeness (QED) is 0.448. The molecule has 2 aromatic carbocycles. The number of aromatic nitrogens is 1. The summed E-state index contributed by atoms with van der Waals surface area (Å²) in [6.07, 6.45) is 4.63. The lowest BCUT2D eigenvalue weighted by Gasteiger charge is -2.16. The van der Waals surface area contributed by atoms with Crippen LogP contribution in [0.2, 0.25) is 5.02 Å². The summed E-state index contributed by atoms with van der Waals surface area (Å²) in [4.78, 5) is 18.7. The topological polar surface area (TPSA) is 90.3 Å². The molecular formula is C24H23ClFN5O2. The largest absolute Gasteiger partial charge is 0.492 e. The van der Waals surface area contributed by atoms with Crippen LogP contribution in [0.3, 0.4) is 0 Å². The van der Waals surface area contributed by atoms with Gasteiger partial charge in [0.05, 0.1) is 34.1 Å². The van der Waals surface area contributed by atoms with Crippen LogP contribution in [-0.4, -0.2) is 43.0 Å². The second-order valence-electron chi connectivity index (χ2n) is 7.36. The monoisotopic (exact) mass is 467 g/mol. The van der Waals surface area contributed by atoms with Crippen LogP contribution in [0, 0.1) is 17.1 Å². The molecule has 33 heavy (non-hydrogen) atoms. The number of hydrogen-bond donors (Lipinski definition) is 2. The van der Waals surface area contributed by atoms with E-state index in [9.17, 15) is 14.4 Å². The van der Waals surface area contributed by atoms with Crippen LogP contribution >= 0.6 is 11.6 Å². The summed E-state index contributed by atoms with van der Waals surface area (Å²) < 4.78 is 19.3. The third-order valence-electron chi connectivity index (χ3n) is 4.58. The van der Waals surface area contributed by atoms with Gasteiger partial charge < -0.3 is 20.3 Å². The van der Waals surface area contributed by atoms with E-state index in [0.717, 1.165) is 0 Å².